The molecule has 28 heavy (non-hydrogen) atoms. The van der Waals surface area contributed by atoms with Crippen molar-refractivity contribution in [2.24, 2.45) is 4.99 Å². The zero-order chi connectivity index (χ0) is 19.3. The fourth-order valence-electron chi connectivity index (χ4n) is 2.43. The number of hydrogen-bond donors (Lipinski definition) is 2. The Kier molecular flexibility index (Phi) is 12.2. The molecule has 2 aromatic rings. The summed E-state index contributed by atoms with van der Waals surface area (Å²) >= 11 is 0. The van der Waals surface area contributed by atoms with E-state index in [2.05, 4.69) is 15.6 Å². The van der Waals surface area contributed by atoms with E-state index in [0.29, 0.717) is 32.3 Å². The summed E-state index contributed by atoms with van der Waals surface area (Å²) in [6, 6.07) is 14.4. The highest BCUT2D eigenvalue weighted by molar-refractivity contribution is 14.0. The first-order valence-electron chi connectivity index (χ1n) is 9.18. The highest BCUT2D eigenvalue weighted by atomic mass is 127. The fourth-order valence-corrected chi connectivity index (χ4v) is 2.43. The number of benzene rings is 2. The van der Waals surface area contributed by atoms with E-state index >= 15 is 0 Å². The number of nitrogens with zero attached hydrogens (tertiary/aromatic N) is 1. The Balaban J connectivity index is 0.00000392. The van der Waals surface area contributed by atoms with Crippen LogP contribution in [0.15, 0.2) is 53.5 Å². The highest BCUT2D eigenvalue weighted by Gasteiger charge is 2.01. The van der Waals surface area contributed by atoms with E-state index in [-0.39, 0.29) is 29.8 Å². The first-order chi connectivity index (χ1) is 13.2. The molecule has 2 N–H and O–H groups in total. The summed E-state index contributed by atoms with van der Waals surface area (Å²) in [6.07, 6.45) is 0.858. The molecule has 0 saturated heterocycles. The van der Waals surface area contributed by atoms with Gasteiger partial charge in [0.2, 0.25) is 0 Å². The van der Waals surface area contributed by atoms with Crippen molar-refractivity contribution in [2.45, 2.75) is 26.4 Å². The van der Waals surface area contributed by atoms with E-state index in [4.69, 9.17) is 9.47 Å². The standard InChI is InChI=1S/C21H28FN3O2.HI/c1-3-23-21(24-15-17-8-10-19(22)11-9-17)25-16-18-6-4-7-20(14-18)27-13-5-12-26-2;/h4,6-11,14H,3,5,12-13,15-16H2,1-2H3,(H2,23,24,25);1H. The van der Waals surface area contributed by atoms with Crippen LogP contribution in [0.25, 0.3) is 0 Å². The monoisotopic (exact) mass is 501 g/mol. The molecule has 0 aromatic heterocycles. The Morgan fingerprint density at radius 1 is 1.04 bits per heavy atom. The summed E-state index contributed by atoms with van der Waals surface area (Å²) in [5.74, 6) is 1.32. The van der Waals surface area contributed by atoms with Gasteiger partial charge in [0.1, 0.15) is 11.6 Å². The lowest BCUT2D eigenvalue weighted by Crippen LogP contribution is -2.36. The van der Waals surface area contributed by atoms with Gasteiger partial charge < -0.3 is 20.1 Å². The van der Waals surface area contributed by atoms with Crippen LogP contribution in [-0.2, 0) is 17.8 Å². The van der Waals surface area contributed by atoms with Gasteiger partial charge in [-0.3, -0.25) is 0 Å². The molecule has 0 saturated carbocycles. The van der Waals surface area contributed by atoms with E-state index in [9.17, 15) is 4.39 Å². The largest absolute Gasteiger partial charge is 0.493 e. The number of ether oxygens (including phenoxy) is 2. The number of hydrogen-bond acceptors (Lipinski definition) is 3. The van der Waals surface area contributed by atoms with Crippen LogP contribution in [0, 0.1) is 5.82 Å². The molecule has 0 bridgehead atoms. The number of halogens is 2. The van der Waals surface area contributed by atoms with Gasteiger partial charge in [-0.05, 0) is 42.3 Å². The molecule has 0 amide bonds. The van der Waals surface area contributed by atoms with E-state index in [0.717, 1.165) is 29.8 Å². The molecule has 154 valence electrons. The molecule has 5 nitrogen and oxygen atoms in total. The van der Waals surface area contributed by atoms with Gasteiger partial charge in [-0.1, -0.05) is 24.3 Å². The Hall–Kier alpha value is -1.87. The van der Waals surface area contributed by atoms with Crippen molar-refractivity contribution in [1.82, 2.24) is 10.6 Å². The Bertz CT molecular complexity index is 711. The lowest BCUT2D eigenvalue weighted by molar-refractivity contribution is 0.172. The molecule has 0 unspecified atom stereocenters. The highest BCUT2D eigenvalue weighted by Crippen LogP contribution is 2.14. The van der Waals surface area contributed by atoms with Crippen molar-refractivity contribution in [1.29, 1.82) is 0 Å². The first kappa shape index (κ1) is 24.2. The number of nitrogens with one attached hydrogen (secondary N) is 2. The molecule has 0 spiro atoms. The van der Waals surface area contributed by atoms with Crippen molar-refractivity contribution in [3.8, 4) is 5.75 Å². The van der Waals surface area contributed by atoms with Gasteiger partial charge in [-0.2, -0.15) is 0 Å². The van der Waals surface area contributed by atoms with Crippen LogP contribution in [0.5, 0.6) is 5.75 Å². The lowest BCUT2D eigenvalue weighted by atomic mass is 10.2. The molecule has 0 fully saturated rings. The Morgan fingerprint density at radius 3 is 2.54 bits per heavy atom. The van der Waals surface area contributed by atoms with Crippen LogP contribution in [0.4, 0.5) is 4.39 Å². The number of rotatable bonds is 10. The first-order valence-corrected chi connectivity index (χ1v) is 9.18. The number of guanidine groups is 1. The second-order valence-corrected chi connectivity index (χ2v) is 6.02. The summed E-state index contributed by atoms with van der Waals surface area (Å²) < 4.78 is 23.7. The third kappa shape index (κ3) is 9.36. The third-order valence-corrected chi connectivity index (χ3v) is 3.80. The maximum absolute atomic E-state index is 13.0. The van der Waals surface area contributed by atoms with Gasteiger partial charge in [0, 0.05) is 33.2 Å². The van der Waals surface area contributed by atoms with E-state index in [1.807, 2.05) is 31.2 Å². The van der Waals surface area contributed by atoms with Gasteiger partial charge in [-0.15, -0.1) is 24.0 Å². The molecular formula is C21H29FIN3O2. The molecule has 0 atom stereocenters. The maximum Gasteiger partial charge on any atom is 0.191 e. The molecular weight excluding hydrogens is 472 g/mol. The molecule has 0 aliphatic carbocycles. The van der Waals surface area contributed by atoms with Gasteiger partial charge >= 0.3 is 0 Å². The second-order valence-electron chi connectivity index (χ2n) is 6.02. The van der Waals surface area contributed by atoms with Crippen LogP contribution >= 0.6 is 24.0 Å². The van der Waals surface area contributed by atoms with Crippen LogP contribution in [0.2, 0.25) is 0 Å². The fraction of sp³-hybridized carbons (Fsp3) is 0.381. The predicted octanol–water partition coefficient (Wildman–Crippen LogP) is 4.11. The van der Waals surface area contributed by atoms with Crippen LogP contribution in [0.1, 0.15) is 24.5 Å². The van der Waals surface area contributed by atoms with Crippen LogP contribution in [-0.4, -0.2) is 32.8 Å². The topological polar surface area (TPSA) is 54.9 Å². The summed E-state index contributed by atoms with van der Waals surface area (Å²) in [4.78, 5) is 4.61. The second kappa shape index (κ2) is 14.2. The summed E-state index contributed by atoms with van der Waals surface area (Å²) in [6.45, 7) is 5.21. The van der Waals surface area contributed by atoms with Crippen molar-refractivity contribution in [2.75, 3.05) is 26.9 Å². The average Bonchev–Trinajstić information content (AvgIpc) is 2.69. The molecule has 0 aliphatic heterocycles. The smallest absolute Gasteiger partial charge is 0.191 e. The summed E-state index contributed by atoms with van der Waals surface area (Å²) in [7, 11) is 1.69. The van der Waals surface area contributed by atoms with E-state index in [1.54, 1.807) is 19.2 Å². The number of methoxy groups -OCH3 is 1. The quantitative estimate of drug-likeness (QED) is 0.223. The maximum atomic E-state index is 13.0. The summed E-state index contributed by atoms with van der Waals surface area (Å²) in [5.41, 5.74) is 2.06. The number of aliphatic imine (C=N–C) groups is 1. The lowest BCUT2D eigenvalue weighted by Gasteiger charge is -2.12. The molecule has 7 heteroatoms. The van der Waals surface area contributed by atoms with Crippen molar-refractivity contribution in [3.05, 3.63) is 65.5 Å². The molecule has 0 aliphatic rings. The van der Waals surface area contributed by atoms with E-state index < -0.39 is 0 Å². The van der Waals surface area contributed by atoms with Gasteiger partial charge in [0.25, 0.3) is 0 Å². The third-order valence-electron chi connectivity index (χ3n) is 3.80. The Morgan fingerprint density at radius 2 is 1.82 bits per heavy atom. The van der Waals surface area contributed by atoms with Crippen LogP contribution in [0.3, 0.4) is 0 Å². The minimum Gasteiger partial charge on any atom is -0.493 e. The molecule has 0 radical (unpaired) electrons. The van der Waals surface area contributed by atoms with Gasteiger partial charge in [-0.25, -0.2) is 9.38 Å². The summed E-state index contributed by atoms with van der Waals surface area (Å²) in [5, 5.41) is 6.48. The normalized spacial score (nSPS) is 10.9. The van der Waals surface area contributed by atoms with Gasteiger partial charge in [0.15, 0.2) is 5.96 Å². The van der Waals surface area contributed by atoms with Gasteiger partial charge in [0.05, 0.1) is 13.2 Å². The zero-order valence-corrected chi connectivity index (χ0v) is 18.7. The predicted molar refractivity (Wildman–Crippen MR) is 122 cm³/mol. The zero-order valence-electron chi connectivity index (χ0n) is 16.4. The average molecular weight is 501 g/mol. The minimum atomic E-state index is -0.233. The van der Waals surface area contributed by atoms with Crippen molar-refractivity contribution < 1.29 is 13.9 Å². The van der Waals surface area contributed by atoms with Crippen molar-refractivity contribution in [3.63, 3.8) is 0 Å². The molecule has 0 heterocycles. The minimum absolute atomic E-state index is 0. The molecule has 2 rings (SSSR count). The molecule has 2 aromatic carbocycles. The Labute approximate surface area is 183 Å². The van der Waals surface area contributed by atoms with Crippen LogP contribution < -0.4 is 15.4 Å². The SMILES string of the molecule is CCNC(=NCc1cccc(OCCCOC)c1)NCc1ccc(F)cc1.I. The van der Waals surface area contributed by atoms with Crippen molar-refractivity contribution >= 4 is 29.9 Å². The van der Waals surface area contributed by atoms with E-state index in [1.165, 1.54) is 12.1 Å².